The van der Waals surface area contributed by atoms with Crippen molar-refractivity contribution < 1.29 is 4.74 Å². The molecule has 1 aromatic heterocycles. The van der Waals surface area contributed by atoms with E-state index in [4.69, 9.17) is 4.74 Å². The summed E-state index contributed by atoms with van der Waals surface area (Å²) in [5.41, 5.74) is 0. The van der Waals surface area contributed by atoms with Gasteiger partial charge < -0.3 is 14.6 Å². The van der Waals surface area contributed by atoms with Gasteiger partial charge in [0.2, 0.25) is 5.95 Å². The van der Waals surface area contributed by atoms with Crippen molar-refractivity contribution in [2.75, 3.05) is 32.2 Å². The molecule has 0 aromatic carbocycles. The molecule has 0 aliphatic heterocycles. The highest BCUT2D eigenvalue weighted by Crippen LogP contribution is 2.00. The number of likely N-dealkylation sites (N-methyl/N-ethyl adjacent to an activating group) is 1. The lowest BCUT2D eigenvalue weighted by Gasteiger charge is -2.14. The van der Waals surface area contributed by atoms with Crippen LogP contribution in [0.5, 0.6) is 0 Å². The standard InChI is InChI=1S/C7H13N3O/c1-10(5-6-11-2)7-8-3-4-9-7/h3-4H,5-6H2,1-2H3,(H,8,9). The maximum atomic E-state index is 4.93. The van der Waals surface area contributed by atoms with Crippen LogP contribution in [0, 0.1) is 0 Å². The highest BCUT2D eigenvalue weighted by Gasteiger charge is 1.99. The molecule has 0 amide bonds. The molecule has 4 heteroatoms. The summed E-state index contributed by atoms with van der Waals surface area (Å²) >= 11 is 0. The van der Waals surface area contributed by atoms with Gasteiger partial charge in [0.1, 0.15) is 0 Å². The first kappa shape index (κ1) is 8.07. The minimum atomic E-state index is 0.719. The van der Waals surface area contributed by atoms with Gasteiger partial charge in [0.25, 0.3) is 0 Å². The molecular formula is C7H13N3O. The van der Waals surface area contributed by atoms with Gasteiger partial charge >= 0.3 is 0 Å². The Morgan fingerprint density at radius 2 is 2.55 bits per heavy atom. The highest BCUT2D eigenvalue weighted by molar-refractivity contribution is 5.26. The van der Waals surface area contributed by atoms with Gasteiger partial charge in [-0.15, -0.1) is 0 Å². The average Bonchev–Trinajstić information content (AvgIpc) is 2.52. The molecule has 0 saturated carbocycles. The second-order valence-corrected chi connectivity index (χ2v) is 2.33. The van der Waals surface area contributed by atoms with E-state index in [1.165, 1.54) is 0 Å². The number of anilines is 1. The number of nitrogens with zero attached hydrogens (tertiary/aromatic N) is 2. The van der Waals surface area contributed by atoms with Crippen LogP contribution in [0.25, 0.3) is 0 Å². The predicted octanol–water partition coefficient (Wildman–Crippen LogP) is 0.492. The molecule has 1 rings (SSSR count). The lowest BCUT2D eigenvalue weighted by atomic mass is 10.6. The minimum absolute atomic E-state index is 0.719. The van der Waals surface area contributed by atoms with E-state index in [2.05, 4.69) is 9.97 Å². The number of nitrogens with one attached hydrogen (secondary N) is 1. The first-order valence-corrected chi connectivity index (χ1v) is 3.54. The average molecular weight is 155 g/mol. The number of methoxy groups -OCH3 is 1. The molecule has 0 atom stereocenters. The van der Waals surface area contributed by atoms with E-state index in [-0.39, 0.29) is 0 Å². The zero-order chi connectivity index (χ0) is 8.10. The van der Waals surface area contributed by atoms with Crippen LogP contribution in [0.1, 0.15) is 0 Å². The van der Waals surface area contributed by atoms with Crippen LogP contribution in [0.4, 0.5) is 5.95 Å². The summed E-state index contributed by atoms with van der Waals surface area (Å²) in [7, 11) is 3.66. The van der Waals surface area contributed by atoms with Gasteiger partial charge in [0.15, 0.2) is 0 Å². The molecule has 1 heterocycles. The Bertz CT molecular complexity index is 186. The van der Waals surface area contributed by atoms with Crippen LogP contribution in [-0.2, 0) is 4.74 Å². The number of aromatic amines is 1. The molecule has 0 aliphatic carbocycles. The van der Waals surface area contributed by atoms with Crippen LogP contribution in [-0.4, -0.2) is 37.3 Å². The summed E-state index contributed by atoms with van der Waals surface area (Å²) in [6.07, 6.45) is 3.54. The summed E-state index contributed by atoms with van der Waals surface area (Å²) < 4.78 is 4.93. The quantitative estimate of drug-likeness (QED) is 0.688. The summed E-state index contributed by atoms with van der Waals surface area (Å²) in [6.45, 7) is 1.57. The summed E-state index contributed by atoms with van der Waals surface area (Å²) in [5, 5.41) is 0. The summed E-state index contributed by atoms with van der Waals surface area (Å²) in [5.74, 6) is 0.877. The Morgan fingerprint density at radius 3 is 3.09 bits per heavy atom. The van der Waals surface area contributed by atoms with E-state index < -0.39 is 0 Å². The number of ether oxygens (including phenoxy) is 1. The minimum Gasteiger partial charge on any atom is -0.383 e. The van der Waals surface area contributed by atoms with Crippen molar-refractivity contribution in [2.45, 2.75) is 0 Å². The van der Waals surface area contributed by atoms with Gasteiger partial charge in [-0.2, -0.15) is 0 Å². The van der Waals surface area contributed by atoms with Gasteiger partial charge in [-0.1, -0.05) is 0 Å². The third-order valence-electron chi connectivity index (χ3n) is 1.48. The van der Waals surface area contributed by atoms with Crippen molar-refractivity contribution in [3.05, 3.63) is 12.4 Å². The van der Waals surface area contributed by atoms with Gasteiger partial charge in [-0.3, -0.25) is 0 Å². The molecule has 0 saturated heterocycles. The highest BCUT2D eigenvalue weighted by atomic mass is 16.5. The molecule has 11 heavy (non-hydrogen) atoms. The van der Waals surface area contributed by atoms with Gasteiger partial charge in [0.05, 0.1) is 6.61 Å². The van der Waals surface area contributed by atoms with Crippen molar-refractivity contribution in [1.82, 2.24) is 9.97 Å². The van der Waals surface area contributed by atoms with Gasteiger partial charge in [-0.25, -0.2) is 4.98 Å². The van der Waals surface area contributed by atoms with Crippen LogP contribution in [0.2, 0.25) is 0 Å². The van der Waals surface area contributed by atoms with E-state index in [0.717, 1.165) is 19.1 Å². The predicted molar refractivity (Wildman–Crippen MR) is 43.7 cm³/mol. The molecule has 0 spiro atoms. The lowest BCUT2D eigenvalue weighted by molar-refractivity contribution is 0.206. The molecule has 0 fully saturated rings. The van der Waals surface area contributed by atoms with Crippen LogP contribution < -0.4 is 4.90 Å². The van der Waals surface area contributed by atoms with Gasteiger partial charge in [-0.05, 0) is 0 Å². The number of hydrogen-bond donors (Lipinski definition) is 1. The normalized spacial score (nSPS) is 10.0. The largest absolute Gasteiger partial charge is 0.383 e. The molecule has 0 aliphatic rings. The van der Waals surface area contributed by atoms with Crippen molar-refractivity contribution in [3.63, 3.8) is 0 Å². The Morgan fingerprint density at radius 1 is 1.73 bits per heavy atom. The van der Waals surface area contributed by atoms with E-state index in [1.807, 2.05) is 11.9 Å². The summed E-state index contributed by atoms with van der Waals surface area (Å²) in [4.78, 5) is 9.09. The van der Waals surface area contributed by atoms with Crippen LogP contribution in [0.15, 0.2) is 12.4 Å². The zero-order valence-corrected chi connectivity index (χ0v) is 6.87. The lowest BCUT2D eigenvalue weighted by Crippen LogP contribution is -2.22. The number of H-pyrrole nitrogens is 1. The van der Waals surface area contributed by atoms with E-state index >= 15 is 0 Å². The van der Waals surface area contributed by atoms with Crippen molar-refractivity contribution in [2.24, 2.45) is 0 Å². The summed E-state index contributed by atoms with van der Waals surface area (Å²) in [6, 6.07) is 0. The van der Waals surface area contributed by atoms with E-state index in [0.29, 0.717) is 0 Å². The number of aromatic nitrogens is 2. The first-order valence-electron chi connectivity index (χ1n) is 3.54. The molecule has 0 bridgehead atoms. The maximum Gasteiger partial charge on any atom is 0.202 e. The van der Waals surface area contributed by atoms with Crippen LogP contribution in [0.3, 0.4) is 0 Å². The zero-order valence-electron chi connectivity index (χ0n) is 6.87. The molecular weight excluding hydrogens is 142 g/mol. The monoisotopic (exact) mass is 155 g/mol. The number of hydrogen-bond acceptors (Lipinski definition) is 3. The molecule has 1 N–H and O–H groups in total. The Balaban J connectivity index is 2.36. The van der Waals surface area contributed by atoms with Crippen molar-refractivity contribution in [1.29, 1.82) is 0 Å². The first-order chi connectivity index (χ1) is 5.34. The van der Waals surface area contributed by atoms with Gasteiger partial charge in [0, 0.05) is 33.1 Å². The maximum absolute atomic E-state index is 4.93. The smallest absolute Gasteiger partial charge is 0.202 e. The number of imidazole rings is 1. The fourth-order valence-electron chi connectivity index (χ4n) is 0.800. The number of rotatable bonds is 4. The van der Waals surface area contributed by atoms with E-state index in [1.54, 1.807) is 19.5 Å². The Hall–Kier alpha value is -1.03. The Labute approximate surface area is 66.2 Å². The third-order valence-corrected chi connectivity index (χ3v) is 1.48. The van der Waals surface area contributed by atoms with E-state index in [9.17, 15) is 0 Å². The SMILES string of the molecule is COCCN(C)c1ncc[nH]1. The topological polar surface area (TPSA) is 41.1 Å². The fraction of sp³-hybridized carbons (Fsp3) is 0.571. The van der Waals surface area contributed by atoms with Crippen molar-refractivity contribution >= 4 is 5.95 Å². The third kappa shape index (κ3) is 2.23. The molecule has 4 nitrogen and oxygen atoms in total. The fourth-order valence-corrected chi connectivity index (χ4v) is 0.800. The Kier molecular flexibility index (Phi) is 2.92. The van der Waals surface area contributed by atoms with Crippen LogP contribution >= 0.6 is 0 Å². The second kappa shape index (κ2) is 3.98. The molecule has 0 radical (unpaired) electrons. The molecule has 1 aromatic rings. The second-order valence-electron chi connectivity index (χ2n) is 2.33. The molecule has 62 valence electrons. The molecule has 0 unspecified atom stereocenters. The van der Waals surface area contributed by atoms with Crippen molar-refractivity contribution in [3.8, 4) is 0 Å².